The van der Waals surface area contributed by atoms with Crippen LogP contribution >= 0.6 is 11.6 Å². The van der Waals surface area contributed by atoms with Crippen LogP contribution in [0.2, 0.25) is 5.02 Å². The van der Waals surface area contributed by atoms with Crippen LogP contribution in [0.5, 0.6) is 0 Å². The van der Waals surface area contributed by atoms with Gasteiger partial charge >= 0.3 is 0 Å². The smallest absolute Gasteiger partial charge is 0.224 e. The van der Waals surface area contributed by atoms with E-state index in [0.29, 0.717) is 28.1 Å². The van der Waals surface area contributed by atoms with Crippen LogP contribution in [0.3, 0.4) is 0 Å². The van der Waals surface area contributed by atoms with Gasteiger partial charge in [-0.05, 0) is 49.4 Å². The molecule has 0 saturated heterocycles. The van der Waals surface area contributed by atoms with E-state index in [0.717, 1.165) is 24.1 Å². The molecule has 144 valence electrons. The molecule has 0 radical (unpaired) electrons. The lowest BCUT2D eigenvalue weighted by molar-refractivity contribution is -0.117. The fourth-order valence-electron chi connectivity index (χ4n) is 4.30. The van der Waals surface area contributed by atoms with Crippen LogP contribution in [0.4, 0.5) is 11.6 Å². The second kappa shape index (κ2) is 7.06. The van der Waals surface area contributed by atoms with Crippen molar-refractivity contribution in [3.05, 3.63) is 46.2 Å². The number of rotatable bonds is 3. The third kappa shape index (κ3) is 3.20. The summed E-state index contributed by atoms with van der Waals surface area (Å²) < 4.78 is 0. The highest BCUT2D eigenvalue weighted by molar-refractivity contribution is 6.31. The molecule has 2 heterocycles. The number of amides is 1. The second-order valence-electron chi connectivity index (χ2n) is 7.71. The monoisotopic (exact) mass is 395 g/mol. The Labute approximate surface area is 169 Å². The molecule has 1 aromatic heterocycles. The van der Waals surface area contributed by atoms with Crippen LogP contribution in [0.1, 0.15) is 49.6 Å². The van der Waals surface area contributed by atoms with E-state index < -0.39 is 0 Å². The largest absolute Gasteiger partial charge is 0.347 e. The highest BCUT2D eigenvalue weighted by atomic mass is 35.5. The molecule has 1 saturated carbocycles. The zero-order valence-corrected chi connectivity index (χ0v) is 16.9. The molecule has 0 spiro atoms. The predicted molar refractivity (Wildman–Crippen MR) is 108 cm³/mol. The number of aromatic nitrogens is 2. The standard InChI is InChI=1S/C21H22ClN5O/c1-11-19(26-21-24-10-17(22)12(2)25-21)16-8-14(9-23)4-7-18(16)27(13(3)28)20(11)15-5-6-15/h4,7-8,10-11,15,19-20H,5-6H2,1-3H3,(H,24,25,26)/t11-,19-,20-/m1/s1. The van der Waals surface area contributed by atoms with E-state index in [2.05, 4.69) is 28.3 Å². The zero-order chi connectivity index (χ0) is 20.0. The molecular weight excluding hydrogens is 374 g/mol. The molecule has 2 aliphatic rings. The number of nitrogens with zero attached hydrogens (tertiary/aromatic N) is 4. The number of nitrogens with one attached hydrogen (secondary N) is 1. The quantitative estimate of drug-likeness (QED) is 0.840. The first kappa shape index (κ1) is 18.7. The molecule has 3 atom stereocenters. The van der Waals surface area contributed by atoms with Crippen LogP contribution in [-0.4, -0.2) is 21.9 Å². The van der Waals surface area contributed by atoms with Crippen molar-refractivity contribution in [2.75, 3.05) is 10.2 Å². The van der Waals surface area contributed by atoms with Crippen molar-refractivity contribution in [1.82, 2.24) is 9.97 Å². The summed E-state index contributed by atoms with van der Waals surface area (Å²) in [6, 6.07) is 7.74. The van der Waals surface area contributed by atoms with E-state index in [-0.39, 0.29) is 23.9 Å². The zero-order valence-electron chi connectivity index (χ0n) is 16.1. The van der Waals surface area contributed by atoms with Gasteiger partial charge in [-0.25, -0.2) is 9.97 Å². The number of aryl methyl sites for hydroxylation is 1. The number of hydrogen-bond donors (Lipinski definition) is 1. The predicted octanol–water partition coefficient (Wildman–Crippen LogP) is 4.24. The van der Waals surface area contributed by atoms with Crippen LogP contribution in [-0.2, 0) is 4.79 Å². The number of nitriles is 1. The second-order valence-corrected chi connectivity index (χ2v) is 8.12. The minimum Gasteiger partial charge on any atom is -0.347 e. The maximum atomic E-state index is 12.6. The van der Waals surface area contributed by atoms with Gasteiger partial charge in [-0.15, -0.1) is 0 Å². The molecule has 4 rings (SSSR count). The molecule has 1 fully saturated rings. The van der Waals surface area contributed by atoms with Gasteiger partial charge in [0.05, 0.1) is 34.6 Å². The van der Waals surface area contributed by atoms with Crippen molar-refractivity contribution in [2.24, 2.45) is 11.8 Å². The first-order valence-electron chi connectivity index (χ1n) is 9.50. The van der Waals surface area contributed by atoms with Gasteiger partial charge in [-0.2, -0.15) is 5.26 Å². The Hall–Kier alpha value is -2.65. The third-order valence-electron chi connectivity index (χ3n) is 5.76. The number of anilines is 2. The summed E-state index contributed by atoms with van der Waals surface area (Å²) in [6.07, 6.45) is 3.86. The van der Waals surface area contributed by atoms with E-state index >= 15 is 0 Å². The van der Waals surface area contributed by atoms with E-state index in [1.54, 1.807) is 19.2 Å². The first-order chi connectivity index (χ1) is 13.4. The third-order valence-corrected chi connectivity index (χ3v) is 6.13. The summed E-state index contributed by atoms with van der Waals surface area (Å²) in [7, 11) is 0. The molecule has 1 aliphatic carbocycles. The molecule has 1 aliphatic heterocycles. The summed E-state index contributed by atoms with van der Waals surface area (Å²) in [5.74, 6) is 1.17. The van der Waals surface area contributed by atoms with Crippen molar-refractivity contribution in [2.45, 2.75) is 45.7 Å². The van der Waals surface area contributed by atoms with E-state index in [1.165, 1.54) is 0 Å². The Morgan fingerprint density at radius 3 is 2.75 bits per heavy atom. The van der Waals surface area contributed by atoms with Crippen molar-refractivity contribution in [1.29, 1.82) is 5.26 Å². The summed E-state index contributed by atoms with van der Waals surface area (Å²) >= 11 is 6.07. The Morgan fingerprint density at radius 1 is 1.39 bits per heavy atom. The molecule has 1 amide bonds. The maximum Gasteiger partial charge on any atom is 0.224 e. The van der Waals surface area contributed by atoms with E-state index in [4.69, 9.17) is 11.6 Å². The van der Waals surface area contributed by atoms with Crippen LogP contribution in [0, 0.1) is 30.1 Å². The molecule has 1 aromatic carbocycles. The number of hydrogen-bond acceptors (Lipinski definition) is 5. The fourth-order valence-corrected chi connectivity index (χ4v) is 4.39. The molecular formula is C21H22ClN5O. The SMILES string of the molecule is CC(=O)N1c2ccc(C#N)cc2[C@H](Nc2ncc(Cl)c(C)n2)[C@@H](C)[C@@H]1C1CC1. The van der Waals surface area contributed by atoms with E-state index in [1.807, 2.05) is 24.0 Å². The molecule has 28 heavy (non-hydrogen) atoms. The van der Waals surface area contributed by atoms with Gasteiger partial charge < -0.3 is 10.2 Å². The number of carbonyl (C=O) groups excluding carboxylic acids is 1. The maximum absolute atomic E-state index is 12.6. The molecule has 7 heteroatoms. The minimum absolute atomic E-state index is 0.0340. The summed E-state index contributed by atoms with van der Waals surface area (Å²) in [4.78, 5) is 23.3. The van der Waals surface area contributed by atoms with Gasteiger partial charge in [0.1, 0.15) is 0 Å². The minimum atomic E-state index is -0.106. The molecule has 1 N–H and O–H groups in total. The Bertz CT molecular complexity index is 981. The molecule has 0 bridgehead atoms. The summed E-state index contributed by atoms with van der Waals surface area (Å²) in [5.41, 5.74) is 3.07. The van der Waals surface area contributed by atoms with Crippen molar-refractivity contribution in [3.8, 4) is 6.07 Å². The number of benzene rings is 1. The Balaban J connectivity index is 1.81. The van der Waals surface area contributed by atoms with Crippen molar-refractivity contribution in [3.63, 3.8) is 0 Å². The highest BCUT2D eigenvalue weighted by Gasteiger charge is 2.47. The van der Waals surface area contributed by atoms with Crippen LogP contribution in [0.15, 0.2) is 24.4 Å². The number of carbonyl (C=O) groups is 1. The van der Waals surface area contributed by atoms with Gasteiger partial charge in [0.2, 0.25) is 11.9 Å². The normalized spacial score (nSPS) is 23.7. The first-order valence-corrected chi connectivity index (χ1v) is 9.88. The van der Waals surface area contributed by atoms with Crippen molar-refractivity contribution < 1.29 is 4.79 Å². The van der Waals surface area contributed by atoms with Gasteiger partial charge in [0.15, 0.2) is 0 Å². The number of halogens is 1. The molecule has 6 nitrogen and oxygen atoms in total. The van der Waals surface area contributed by atoms with E-state index in [9.17, 15) is 10.1 Å². The van der Waals surface area contributed by atoms with Gasteiger partial charge in [-0.3, -0.25) is 4.79 Å². The fraction of sp³-hybridized carbons (Fsp3) is 0.429. The van der Waals surface area contributed by atoms with Gasteiger partial charge in [0.25, 0.3) is 0 Å². The highest BCUT2D eigenvalue weighted by Crippen LogP contribution is 2.50. The Kier molecular flexibility index (Phi) is 4.72. The lowest BCUT2D eigenvalue weighted by Gasteiger charge is -2.45. The van der Waals surface area contributed by atoms with Gasteiger partial charge in [-0.1, -0.05) is 18.5 Å². The van der Waals surface area contributed by atoms with Crippen LogP contribution < -0.4 is 10.2 Å². The van der Waals surface area contributed by atoms with Gasteiger partial charge in [0, 0.05) is 24.6 Å². The average molecular weight is 396 g/mol. The lowest BCUT2D eigenvalue weighted by atomic mass is 9.79. The van der Waals surface area contributed by atoms with Crippen LogP contribution in [0.25, 0.3) is 0 Å². The summed E-state index contributed by atoms with van der Waals surface area (Å²) in [5, 5.41) is 13.4. The lowest BCUT2D eigenvalue weighted by Crippen LogP contribution is -2.51. The Morgan fingerprint density at radius 2 is 2.14 bits per heavy atom. The van der Waals surface area contributed by atoms with Crippen molar-refractivity contribution >= 4 is 29.1 Å². The molecule has 0 unspecified atom stereocenters. The number of fused-ring (bicyclic) bond motifs is 1. The summed E-state index contributed by atoms with van der Waals surface area (Å²) in [6.45, 7) is 5.61. The topological polar surface area (TPSA) is 81.9 Å². The average Bonchev–Trinajstić information content (AvgIpc) is 3.50. The molecule has 2 aromatic rings.